The Kier molecular flexibility index (Phi) is 2.01. The zero-order chi connectivity index (χ0) is 8.89. The van der Waals surface area contributed by atoms with E-state index in [1.54, 1.807) is 25.7 Å². The molecule has 0 aromatic rings. The Labute approximate surface area is 89.6 Å². The van der Waals surface area contributed by atoms with Gasteiger partial charge < -0.3 is 0 Å². The minimum absolute atomic E-state index is 0.765. The summed E-state index contributed by atoms with van der Waals surface area (Å²) in [5.41, 5.74) is 0.765. The highest BCUT2D eigenvalue weighted by atomic mass is 79.9. The molecule has 3 aliphatic rings. The van der Waals surface area contributed by atoms with Crippen molar-refractivity contribution < 1.29 is 0 Å². The van der Waals surface area contributed by atoms with Crippen LogP contribution in [0.1, 0.15) is 44.9 Å². The highest BCUT2D eigenvalue weighted by Gasteiger charge is 2.54. The van der Waals surface area contributed by atoms with Crippen LogP contribution in [0.25, 0.3) is 0 Å². The van der Waals surface area contributed by atoms with Crippen LogP contribution in [-0.2, 0) is 0 Å². The molecule has 13 heavy (non-hydrogen) atoms. The van der Waals surface area contributed by atoms with Gasteiger partial charge in [-0.2, -0.15) is 0 Å². The zero-order valence-corrected chi connectivity index (χ0v) is 9.85. The van der Waals surface area contributed by atoms with Crippen LogP contribution < -0.4 is 0 Å². The fourth-order valence-corrected chi connectivity index (χ4v) is 5.39. The Balaban J connectivity index is 1.84. The third-order valence-corrected chi connectivity index (χ3v) is 6.23. The number of halogens is 1. The molecule has 0 heterocycles. The van der Waals surface area contributed by atoms with Crippen LogP contribution in [0, 0.1) is 23.2 Å². The van der Waals surface area contributed by atoms with Gasteiger partial charge in [0.2, 0.25) is 0 Å². The minimum Gasteiger partial charge on any atom is -0.0922 e. The number of alkyl halides is 1. The van der Waals surface area contributed by atoms with Crippen molar-refractivity contribution in [3.05, 3.63) is 0 Å². The van der Waals surface area contributed by atoms with Gasteiger partial charge in [-0.05, 0) is 55.3 Å². The molecule has 3 aliphatic carbocycles. The molecule has 0 aromatic carbocycles. The van der Waals surface area contributed by atoms with Crippen LogP contribution in [0.2, 0.25) is 0 Å². The summed E-state index contributed by atoms with van der Waals surface area (Å²) in [5.74, 6) is 3.31. The van der Waals surface area contributed by atoms with E-state index in [0.717, 1.165) is 23.2 Å². The molecule has 0 aromatic heterocycles. The molecule has 0 saturated heterocycles. The summed E-state index contributed by atoms with van der Waals surface area (Å²) in [7, 11) is 0. The van der Waals surface area contributed by atoms with Crippen LogP contribution in [-0.4, -0.2) is 5.33 Å². The van der Waals surface area contributed by atoms with Gasteiger partial charge in [-0.15, -0.1) is 0 Å². The lowest BCUT2D eigenvalue weighted by Crippen LogP contribution is -2.41. The first-order valence-corrected chi connectivity index (χ1v) is 7.03. The van der Waals surface area contributed by atoms with E-state index in [2.05, 4.69) is 15.9 Å². The smallest absolute Gasteiger partial charge is 0.00933 e. The van der Waals surface area contributed by atoms with E-state index >= 15 is 0 Å². The molecular formula is C12H19Br. The molecule has 0 amide bonds. The van der Waals surface area contributed by atoms with E-state index in [0.29, 0.717) is 0 Å². The van der Waals surface area contributed by atoms with Crippen molar-refractivity contribution >= 4 is 15.9 Å². The lowest BCUT2D eigenvalue weighted by molar-refractivity contribution is 0.0480. The van der Waals surface area contributed by atoms with Gasteiger partial charge in [0.25, 0.3) is 0 Å². The number of hydrogen-bond donors (Lipinski definition) is 0. The average Bonchev–Trinajstić information content (AvgIpc) is 2.60. The largest absolute Gasteiger partial charge is 0.0922 e. The Morgan fingerprint density at radius 3 is 2.31 bits per heavy atom. The lowest BCUT2D eigenvalue weighted by Gasteiger charge is -2.47. The standard InChI is InChI=1S/C12H19Br/c13-8-12(10-2-1-3-10)7-9-4-5-11(12)6-9/h9-11H,1-8H2. The summed E-state index contributed by atoms with van der Waals surface area (Å²) in [6, 6.07) is 0. The Bertz CT molecular complexity index is 209. The summed E-state index contributed by atoms with van der Waals surface area (Å²) in [4.78, 5) is 0. The Morgan fingerprint density at radius 1 is 1.08 bits per heavy atom. The van der Waals surface area contributed by atoms with Crippen molar-refractivity contribution in [3.8, 4) is 0 Å². The molecule has 0 spiro atoms. The zero-order valence-electron chi connectivity index (χ0n) is 8.27. The second-order valence-corrected chi connectivity index (χ2v) is 6.14. The molecule has 3 fully saturated rings. The second kappa shape index (κ2) is 2.98. The number of hydrogen-bond acceptors (Lipinski definition) is 0. The maximum Gasteiger partial charge on any atom is 0.00933 e. The second-order valence-electron chi connectivity index (χ2n) is 5.57. The van der Waals surface area contributed by atoms with Crippen LogP contribution in [0.15, 0.2) is 0 Å². The van der Waals surface area contributed by atoms with E-state index < -0.39 is 0 Å². The first-order chi connectivity index (χ1) is 6.35. The molecule has 74 valence electrons. The first-order valence-electron chi connectivity index (χ1n) is 5.91. The maximum atomic E-state index is 3.81. The molecule has 0 aliphatic heterocycles. The van der Waals surface area contributed by atoms with Gasteiger partial charge in [-0.3, -0.25) is 0 Å². The van der Waals surface area contributed by atoms with Gasteiger partial charge in [0.15, 0.2) is 0 Å². The normalized spacial score (nSPS) is 49.6. The highest BCUT2D eigenvalue weighted by Crippen LogP contribution is 2.63. The van der Waals surface area contributed by atoms with Crippen LogP contribution in [0.3, 0.4) is 0 Å². The van der Waals surface area contributed by atoms with Crippen molar-refractivity contribution in [2.24, 2.45) is 23.2 Å². The molecule has 3 rings (SSSR count). The van der Waals surface area contributed by atoms with E-state index in [1.165, 1.54) is 24.6 Å². The van der Waals surface area contributed by atoms with Gasteiger partial charge in [-0.1, -0.05) is 28.8 Å². The summed E-state index contributed by atoms with van der Waals surface area (Å²) < 4.78 is 0. The third kappa shape index (κ3) is 1.09. The summed E-state index contributed by atoms with van der Waals surface area (Å²) in [6.45, 7) is 0. The predicted octanol–water partition coefficient (Wildman–Crippen LogP) is 3.99. The van der Waals surface area contributed by atoms with Crippen LogP contribution in [0.5, 0.6) is 0 Å². The topological polar surface area (TPSA) is 0 Å². The van der Waals surface area contributed by atoms with E-state index in [9.17, 15) is 0 Å². The molecule has 2 bridgehead atoms. The monoisotopic (exact) mass is 242 g/mol. The van der Waals surface area contributed by atoms with E-state index in [4.69, 9.17) is 0 Å². The fourth-order valence-electron chi connectivity index (χ4n) is 4.24. The van der Waals surface area contributed by atoms with E-state index in [1.807, 2.05) is 0 Å². The van der Waals surface area contributed by atoms with Crippen molar-refractivity contribution in [2.75, 3.05) is 5.33 Å². The Hall–Kier alpha value is 0.480. The maximum absolute atomic E-state index is 3.81. The minimum atomic E-state index is 0.765. The molecule has 3 atom stereocenters. The van der Waals surface area contributed by atoms with Gasteiger partial charge in [-0.25, -0.2) is 0 Å². The quantitative estimate of drug-likeness (QED) is 0.643. The first kappa shape index (κ1) is 8.76. The fraction of sp³-hybridized carbons (Fsp3) is 1.00. The number of rotatable bonds is 2. The summed E-state index contributed by atoms with van der Waals surface area (Å²) in [6.07, 6.45) is 10.8. The summed E-state index contributed by atoms with van der Waals surface area (Å²) in [5, 5.41) is 1.30. The van der Waals surface area contributed by atoms with Gasteiger partial charge in [0, 0.05) is 5.33 Å². The van der Waals surface area contributed by atoms with Gasteiger partial charge in [0.05, 0.1) is 0 Å². The van der Waals surface area contributed by atoms with E-state index in [-0.39, 0.29) is 0 Å². The molecule has 0 radical (unpaired) electrons. The summed E-state index contributed by atoms with van der Waals surface area (Å²) >= 11 is 3.81. The molecule has 0 nitrogen and oxygen atoms in total. The van der Waals surface area contributed by atoms with Crippen molar-refractivity contribution in [1.82, 2.24) is 0 Å². The lowest BCUT2D eigenvalue weighted by atomic mass is 9.59. The van der Waals surface area contributed by atoms with Crippen LogP contribution >= 0.6 is 15.9 Å². The molecule has 3 unspecified atom stereocenters. The number of fused-ring (bicyclic) bond motifs is 2. The predicted molar refractivity (Wildman–Crippen MR) is 59.0 cm³/mol. The Morgan fingerprint density at radius 2 is 1.92 bits per heavy atom. The van der Waals surface area contributed by atoms with Gasteiger partial charge >= 0.3 is 0 Å². The van der Waals surface area contributed by atoms with Crippen molar-refractivity contribution in [2.45, 2.75) is 44.9 Å². The van der Waals surface area contributed by atoms with Crippen LogP contribution in [0.4, 0.5) is 0 Å². The SMILES string of the molecule is BrCC1(C2CCC2)CC2CCC1C2. The van der Waals surface area contributed by atoms with Crippen molar-refractivity contribution in [3.63, 3.8) is 0 Å². The molecular weight excluding hydrogens is 224 g/mol. The highest BCUT2D eigenvalue weighted by molar-refractivity contribution is 9.09. The van der Waals surface area contributed by atoms with Gasteiger partial charge in [0.1, 0.15) is 0 Å². The average molecular weight is 243 g/mol. The molecule has 1 heteroatoms. The molecule has 0 N–H and O–H groups in total. The third-order valence-electron chi connectivity index (χ3n) is 5.19. The van der Waals surface area contributed by atoms with Crippen molar-refractivity contribution in [1.29, 1.82) is 0 Å². The molecule has 3 saturated carbocycles.